The topological polar surface area (TPSA) is 43.4 Å². The van der Waals surface area contributed by atoms with E-state index in [-0.39, 0.29) is 16.3 Å². The molecule has 0 spiro atoms. The minimum absolute atomic E-state index is 0.0624. The van der Waals surface area contributed by atoms with E-state index >= 15 is 0 Å². The summed E-state index contributed by atoms with van der Waals surface area (Å²) in [7, 11) is -8.12. The normalized spacial score (nSPS) is 13.1. The maximum Gasteiger partial charge on any atom is 0.534 e. The van der Waals surface area contributed by atoms with Gasteiger partial charge in [-0.1, -0.05) is 59.6 Å². The van der Waals surface area contributed by atoms with Gasteiger partial charge in [-0.15, -0.1) is 5.54 Å². The summed E-state index contributed by atoms with van der Waals surface area (Å²) in [6, 6.07) is 6.16. The van der Waals surface area contributed by atoms with E-state index in [1.54, 1.807) is 0 Å². The highest BCUT2D eigenvalue weighted by molar-refractivity contribution is 7.88. The fraction of sp³-hybridized carbons (Fsp3) is 0.455. The molecular weight excluding hydrogens is 448 g/mol. The minimum Gasteiger partial charge on any atom is -0.375 e. The first kappa shape index (κ1) is 25.2. The van der Waals surface area contributed by atoms with Crippen LogP contribution in [0.15, 0.2) is 30.3 Å². The molecule has 0 amide bonds. The van der Waals surface area contributed by atoms with Gasteiger partial charge >= 0.3 is 15.6 Å². The third-order valence-electron chi connectivity index (χ3n) is 5.71. The smallest absolute Gasteiger partial charge is 0.375 e. The molecule has 3 nitrogen and oxygen atoms in total. The number of benzene rings is 2. The van der Waals surface area contributed by atoms with Crippen LogP contribution in [0.1, 0.15) is 47.1 Å². The Hall–Kier alpha value is -2.05. The van der Waals surface area contributed by atoms with Crippen molar-refractivity contribution in [3.8, 4) is 17.2 Å². The molecular formula is C22H26F4O3SSi. The first-order valence-corrected chi connectivity index (χ1v) is 13.5. The van der Waals surface area contributed by atoms with Crippen LogP contribution < -0.4 is 4.18 Å². The molecule has 0 fully saturated rings. The molecule has 2 aromatic carbocycles. The monoisotopic (exact) mass is 474 g/mol. The largest absolute Gasteiger partial charge is 0.534 e. The van der Waals surface area contributed by atoms with E-state index in [4.69, 9.17) is 0 Å². The Bertz CT molecular complexity index is 1110. The number of hydrogen-bond donors (Lipinski definition) is 0. The van der Waals surface area contributed by atoms with E-state index in [0.29, 0.717) is 16.6 Å². The molecule has 2 aromatic rings. The van der Waals surface area contributed by atoms with Crippen molar-refractivity contribution in [3.63, 3.8) is 0 Å². The molecule has 0 saturated carbocycles. The summed E-state index contributed by atoms with van der Waals surface area (Å²) in [4.78, 5) is 0. The van der Waals surface area contributed by atoms with E-state index in [1.807, 2.05) is 0 Å². The van der Waals surface area contributed by atoms with Gasteiger partial charge in [-0.25, -0.2) is 4.39 Å². The lowest BCUT2D eigenvalue weighted by atomic mass is 10.0. The van der Waals surface area contributed by atoms with Crippen LogP contribution in [0.25, 0.3) is 10.8 Å². The van der Waals surface area contributed by atoms with Gasteiger partial charge in [0.25, 0.3) is 0 Å². The molecule has 2 rings (SSSR count). The second-order valence-corrected chi connectivity index (χ2v) is 15.5. The second kappa shape index (κ2) is 8.83. The highest BCUT2D eigenvalue weighted by Crippen LogP contribution is 2.41. The van der Waals surface area contributed by atoms with Crippen molar-refractivity contribution in [1.82, 2.24) is 0 Å². The molecule has 170 valence electrons. The van der Waals surface area contributed by atoms with Crippen molar-refractivity contribution in [2.45, 2.75) is 63.7 Å². The van der Waals surface area contributed by atoms with E-state index in [1.165, 1.54) is 18.2 Å². The average Bonchev–Trinajstić information content (AvgIpc) is 2.62. The lowest BCUT2D eigenvalue weighted by Gasteiger charge is -2.38. The van der Waals surface area contributed by atoms with Crippen molar-refractivity contribution in [2.75, 3.05) is 0 Å². The van der Waals surface area contributed by atoms with Gasteiger partial charge in [0.05, 0.1) is 0 Å². The molecule has 31 heavy (non-hydrogen) atoms. The molecule has 0 bridgehead atoms. The Balaban J connectivity index is 2.80. The van der Waals surface area contributed by atoms with E-state index in [0.717, 1.165) is 12.1 Å². The molecule has 0 N–H and O–H groups in total. The lowest BCUT2D eigenvalue weighted by Crippen LogP contribution is -2.43. The second-order valence-electron chi connectivity index (χ2n) is 8.40. The maximum absolute atomic E-state index is 14.4. The number of halogens is 4. The van der Waals surface area contributed by atoms with Crippen molar-refractivity contribution >= 4 is 29.0 Å². The molecule has 9 heteroatoms. The molecule has 0 aliphatic carbocycles. The van der Waals surface area contributed by atoms with Crippen LogP contribution >= 0.6 is 0 Å². The zero-order chi connectivity index (χ0) is 23.8. The van der Waals surface area contributed by atoms with Crippen molar-refractivity contribution in [1.29, 1.82) is 0 Å². The van der Waals surface area contributed by atoms with Crippen molar-refractivity contribution in [2.24, 2.45) is 0 Å². The van der Waals surface area contributed by atoms with Crippen molar-refractivity contribution in [3.05, 3.63) is 41.7 Å². The SMILES string of the molecule is CC(C)[Si](C#Cc1ccc(F)c2cccc(OS(=O)(=O)C(F)(F)F)c12)(C(C)C)C(C)C. The van der Waals surface area contributed by atoms with Gasteiger partial charge in [0, 0.05) is 16.3 Å². The van der Waals surface area contributed by atoms with Gasteiger partial charge in [-0.05, 0) is 34.8 Å². The highest BCUT2D eigenvalue weighted by atomic mass is 32.2. The zero-order valence-electron chi connectivity index (χ0n) is 18.3. The summed E-state index contributed by atoms with van der Waals surface area (Å²) in [6.45, 7) is 12.6. The Morgan fingerprint density at radius 3 is 1.97 bits per heavy atom. The molecule has 0 aromatic heterocycles. The Kier molecular flexibility index (Phi) is 7.18. The summed E-state index contributed by atoms with van der Waals surface area (Å²) in [5, 5.41) is -0.158. The number of alkyl halides is 3. The predicted molar refractivity (Wildman–Crippen MR) is 117 cm³/mol. The summed E-state index contributed by atoms with van der Waals surface area (Å²) in [5.74, 6) is 1.73. The van der Waals surface area contributed by atoms with Crippen LogP contribution in [-0.4, -0.2) is 22.0 Å². The number of rotatable bonds is 5. The zero-order valence-corrected chi connectivity index (χ0v) is 20.1. The van der Waals surface area contributed by atoms with Crippen LogP contribution in [-0.2, 0) is 10.1 Å². The van der Waals surface area contributed by atoms with Gasteiger partial charge in [0.2, 0.25) is 0 Å². The summed E-state index contributed by atoms with van der Waals surface area (Å²) >= 11 is 0. The predicted octanol–water partition coefficient (Wildman–Crippen LogP) is 6.78. The first-order chi connectivity index (χ1) is 14.1. The van der Waals surface area contributed by atoms with E-state index < -0.39 is 35.3 Å². The lowest BCUT2D eigenvalue weighted by molar-refractivity contribution is -0.0499. The fourth-order valence-electron chi connectivity index (χ4n) is 4.29. The first-order valence-electron chi connectivity index (χ1n) is 9.90. The number of hydrogen-bond acceptors (Lipinski definition) is 3. The summed E-state index contributed by atoms with van der Waals surface area (Å²) in [6.07, 6.45) is 0. The molecule has 0 aliphatic heterocycles. The molecule has 0 heterocycles. The van der Waals surface area contributed by atoms with Crippen LogP contribution in [0.4, 0.5) is 17.6 Å². The van der Waals surface area contributed by atoms with Gasteiger partial charge in [0.1, 0.15) is 13.9 Å². The molecule has 0 unspecified atom stereocenters. The Morgan fingerprint density at radius 1 is 0.935 bits per heavy atom. The highest BCUT2D eigenvalue weighted by Gasteiger charge is 2.49. The Labute approximate surface area is 181 Å². The standard InChI is InChI=1S/C22H26F4O3SSi/c1-14(2)31(15(3)4,16(5)6)13-12-17-10-11-19(23)18-8-7-9-20(21(17)18)29-30(27,28)22(24,25)26/h7-11,14-16H,1-6H3. The van der Waals surface area contributed by atoms with E-state index in [2.05, 4.69) is 57.2 Å². The minimum atomic E-state index is -5.92. The van der Waals surface area contributed by atoms with Gasteiger partial charge in [-0.3, -0.25) is 0 Å². The van der Waals surface area contributed by atoms with Crippen LogP contribution in [0.2, 0.25) is 16.6 Å². The molecule has 0 radical (unpaired) electrons. The number of fused-ring (bicyclic) bond motifs is 1. The third-order valence-corrected chi connectivity index (χ3v) is 13.0. The van der Waals surface area contributed by atoms with Crippen LogP contribution in [0.3, 0.4) is 0 Å². The summed E-state index contributed by atoms with van der Waals surface area (Å²) < 4.78 is 80.5. The van der Waals surface area contributed by atoms with Gasteiger partial charge in [0.15, 0.2) is 5.75 Å². The maximum atomic E-state index is 14.4. The van der Waals surface area contributed by atoms with Crippen molar-refractivity contribution < 1.29 is 30.2 Å². The van der Waals surface area contributed by atoms with Gasteiger partial charge in [-0.2, -0.15) is 21.6 Å². The quantitative estimate of drug-likeness (QED) is 0.158. The molecule has 0 saturated heterocycles. The molecule has 0 atom stereocenters. The van der Waals surface area contributed by atoms with Crippen LogP contribution in [0.5, 0.6) is 5.75 Å². The summed E-state index contributed by atoms with van der Waals surface area (Å²) in [5.41, 5.74) is -1.07. The fourth-order valence-corrected chi connectivity index (χ4v) is 9.97. The molecule has 0 aliphatic rings. The average molecular weight is 475 g/mol. The Morgan fingerprint density at radius 2 is 1.48 bits per heavy atom. The van der Waals surface area contributed by atoms with Crippen LogP contribution in [0, 0.1) is 17.3 Å². The van der Waals surface area contributed by atoms with Gasteiger partial charge < -0.3 is 4.18 Å². The van der Waals surface area contributed by atoms with E-state index in [9.17, 15) is 26.0 Å². The third kappa shape index (κ3) is 4.75.